The van der Waals surface area contributed by atoms with E-state index in [9.17, 15) is 29.1 Å². The zero-order chi connectivity index (χ0) is 29.4. The Morgan fingerprint density at radius 2 is 1.60 bits per heavy atom. The van der Waals surface area contributed by atoms with Gasteiger partial charge in [-0.15, -0.1) is 11.3 Å². The molecule has 0 fully saturated rings. The summed E-state index contributed by atoms with van der Waals surface area (Å²) >= 11 is 1.21. The van der Waals surface area contributed by atoms with Crippen molar-refractivity contribution in [2.24, 2.45) is 0 Å². The number of nitrogen functional groups attached to an aromatic ring is 2. The van der Waals surface area contributed by atoms with Crippen LogP contribution < -0.4 is 22.1 Å². The average Bonchev–Trinajstić information content (AvgIpc) is 3.51. The number of anilines is 2. The first-order valence-corrected chi connectivity index (χ1v) is 13.0. The van der Waals surface area contributed by atoms with Gasteiger partial charge in [0.1, 0.15) is 23.5 Å². The van der Waals surface area contributed by atoms with Crippen molar-refractivity contribution < 1.29 is 39.3 Å². The molecule has 0 radical (unpaired) electrons. The van der Waals surface area contributed by atoms with Crippen molar-refractivity contribution in [1.29, 1.82) is 0 Å². The molecular formula is C24H29N7O8S. The van der Waals surface area contributed by atoms with Crippen molar-refractivity contribution in [3.63, 3.8) is 0 Å². The van der Waals surface area contributed by atoms with E-state index in [0.717, 1.165) is 16.9 Å². The van der Waals surface area contributed by atoms with Crippen molar-refractivity contribution in [2.75, 3.05) is 11.5 Å². The Balaban J connectivity index is 1.50. The van der Waals surface area contributed by atoms with Gasteiger partial charge in [0, 0.05) is 23.9 Å². The SMILES string of the molecule is Nc1nc(N)c2c(CCCc3ccc(C(=O)N[C@@H](CCC(=O)N[C@@H](CCC(=O)O)C(=O)O)C(=O)O)s3)c[nH]c2n1. The number of thiophene rings is 1. The number of aromatic amines is 1. The van der Waals surface area contributed by atoms with Crippen molar-refractivity contribution in [1.82, 2.24) is 25.6 Å². The summed E-state index contributed by atoms with van der Waals surface area (Å²) in [5.74, 6) is -5.00. The van der Waals surface area contributed by atoms with Crippen LogP contribution in [0, 0.1) is 0 Å². The highest BCUT2D eigenvalue weighted by Crippen LogP contribution is 2.25. The normalized spacial score (nSPS) is 12.5. The van der Waals surface area contributed by atoms with E-state index in [1.165, 1.54) is 11.3 Å². The molecule has 0 saturated heterocycles. The first-order chi connectivity index (χ1) is 18.9. The summed E-state index contributed by atoms with van der Waals surface area (Å²) in [5.41, 5.74) is 13.1. The van der Waals surface area contributed by atoms with Crippen LogP contribution in [0.5, 0.6) is 0 Å². The summed E-state index contributed by atoms with van der Waals surface area (Å²) in [5, 5.41) is 32.6. The lowest BCUT2D eigenvalue weighted by molar-refractivity contribution is -0.143. The first-order valence-electron chi connectivity index (χ1n) is 12.2. The zero-order valence-electron chi connectivity index (χ0n) is 21.2. The summed E-state index contributed by atoms with van der Waals surface area (Å²) in [6, 6.07) is 0.543. The van der Waals surface area contributed by atoms with Gasteiger partial charge in [0.15, 0.2) is 0 Å². The van der Waals surface area contributed by atoms with E-state index in [2.05, 4.69) is 25.6 Å². The third-order valence-electron chi connectivity index (χ3n) is 5.96. The van der Waals surface area contributed by atoms with Crippen LogP contribution >= 0.6 is 11.3 Å². The molecule has 16 heteroatoms. The molecule has 0 aromatic carbocycles. The fraction of sp³-hybridized carbons (Fsp3) is 0.375. The monoisotopic (exact) mass is 575 g/mol. The van der Waals surface area contributed by atoms with Crippen LogP contribution in [0.1, 0.15) is 52.2 Å². The number of aliphatic carboxylic acids is 3. The number of hydrogen-bond acceptors (Lipinski definition) is 10. The highest BCUT2D eigenvalue weighted by Gasteiger charge is 2.25. The number of carboxylic acid groups (broad SMARTS) is 3. The van der Waals surface area contributed by atoms with Gasteiger partial charge in [0.25, 0.3) is 5.91 Å². The maximum atomic E-state index is 12.7. The second-order valence-electron chi connectivity index (χ2n) is 8.92. The molecule has 2 amide bonds. The van der Waals surface area contributed by atoms with Gasteiger partial charge >= 0.3 is 17.9 Å². The number of carboxylic acids is 3. The predicted molar refractivity (Wildman–Crippen MR) is 144 cm³/mol. The van der Waals surface area contributed by atoms with Crippen LogP contribution in [-0.2, 0) is 32.0 Å². The molecule has 0 bridgehead atoms. The minimum Gasteiger partial charge on any atom is -0.481 e. The second kappa shape index (κ2) is 13.4. The van der Waals surface area contributed by atoms with Crippen molar-refractivity contribution in [3.8, 4) is 0 Å². The van der Waals surface area contributed by atoms with Crippen molar-refractivity contribution in [3.05, 3.63) is 33.6 Å². The molecule has 2 atom stereocenters. The molecule has 3 aromatic heterocycles. The molecule has 3 aromatic rings. The van der Waals surface area contributed by atoms with Gasteiger partial charge in [0.2, 0.25) is 11.9 Å². The molecule has 15 nitrogen and oxygen atoms in total. The van der Waals surface area contributed by atoms with E-state index in [4.69, 9.17) is 21.7 Å². The number of nitrogens with two attached hydrogens (primary N) is 2. The molecule has 0 aliphatic carbocycles. The Morgan fingerprint density at radius 1 is 0.925 bits per heavy atom. The van der Waals surface area contributed by atoms with Gasteiger partial charge in [0.05, 0.1) is 10.3 Å². The number of carbonyl (C=O) groups is 5. The third kappa shape index (κ3) is 8.13. The average molecular weight is 576 g/mol. The van der Waals surface area contributed by atoms with Gasteiger partial charge < -0.3 is 42.4 Å². The molecular weight excluding hydrogens is 546 g/mol. The molecule has 40 heavy (non-hydrogen) atoms. The van der Waals surface area contributed by atoms with Crippen molar-refractivity contribution in [2.45, 2.75) is 57.0 Å². The Bertz CT molecular complexity index is 1420. The lowest BCUT2D eigenvalue weighted by atomic mass is 10.1. The van der Waals surface area contributed by atoms with Gasteiger partial charge in [-0.2, -0.15) is 9.97 Å². The number of carbonyl (C=O) groups excluding carboxylic acids is 2. The summed E-state index contributed by atoms with van der Waals surface area (Å²) in [7, 11) is 0. The van der Waals surface area contributed by atoms with E-state index in [-0.39, 0.29) is 25.2 Å². The van der Waals surface area contributed by atoms with E-state index in [1.807, 2.05) is 0 Å². The van der Waals surface area contributed by atoms with Gasteiger partial charge in [-0.1, -0.05) is 0 Å². The van der Waals surface area contributed by atoms with Crippen LogP contribution in [0.4, 0.5) is 11.8 Å². The van der Waals surface area contributed by atoms with Crippen LogP contribution in [0.15, 0.2) is 18.3 Å². The minimum absolute atomic E-state index is 0.0796. The van der Waals surface area contributed by atoms with E-state index < -0.39 is 48.2 Å². The third-order valence-corrected chi connectivity index (χ3v) is 7.10. The number of amides is 2. The number of rotatable bonds is 15. The fourth-order valence-electron chi connectivity index (χ4n) is 3.98. The molecule has 214 valence electrons. The molecule has 0 unspecified atom stereocenters. The summed E-state index contributed by atoms with van der Waals surface area (Å²) in [6.07, 6.45) is 2.38. The maximum absolute atomic E-state index is 12.7. The number of nitrogens with zero attached hydrogens (tertiary/aromatic N) is 2. The number of hydrogen-bond donors (Lipinski definition) is 8. The molecule has 3 heterocycles. The topological polar surface area (TPSA) is 264 Å². The van der Waals surface area contributed by atoms with E-state index in [1.54, 1.807) is 18.3 Å². The Kier molecular flexibility index (Phi) is 9.97. The van der Waals surface area contributed by atoms with Gasteiger partial charge in [-0.05, 0) is 49.8 Å². The highest BCUT2D eigenvalue weighted by molar-refractivity contribution is 7.14. The lowest BCUT2D eigenvalue weighted by Gasteiger charge is -2.16. The van der Waals surface area contributed by atoms with Crippen molar-refractivity contribution >= 4 is 63.9 Å². The van der Waals surface area contributed by atoms with Crippen LogP contribution in [0.2, 0.25) is 0 Å². The Morgan fingerprint density at radius 3 is 2.27 bits per heavy atom. The molecule has 10 N–H and O–H groups in total. The van der Waals surface area contributed by atoms with Gasteiger partial charge in [-0.3, -0.25) is 14.4 Å². The van der Waals surface area contributed by atoms with Crippen LogP contribution in [0.3, 0.4) is 0 Å². The molecule has 0 aliphatic heterocycles. The zero-order valence-corrected chi connectivity index (χ0v) is 22.0. The molecule has 0 spiro atoms. The largest absolute Gasteiger partial charge is 0.481 e. The lowest BCUT2D eigenvalue weighted by Crippen LogP contribution is -2.44. The minimum atomic E-state index is -1.42. The first kappa shape index (κ1) is 29.8. The van der Waals surface area contributed by atoms with E-state index in [0.29, 0.717) is 34.6 Å². The quantitative estimate of drug-likeness (QED) is 0.125. The number of fused-ring (bicyclic) bond motifs is 1. The van der Waals surface area contributed by atoms with Crippen LogP contribution in [-0.4, -0.2) is 72.1 Å². The molecule has 0 saturated carbocycles. The molecule has 0 aliphatic rings. The van der Waals surface area contributed by atoms with Gasteiger partial charge in [-0.25, -0.2) is 9.59 Å². The van der Waals surface area contributed by atoms with E-state index >= 15 is 0 Å². The standard InChI is InChI=1S/C24H29N7O8S/c25-19-18-11(10-27-20(18)31-24(26)30-19)2-1-3-12-4-7-15(40-12)21(35)29-14(23(38)39)5-8-16(32)28-13(22(36)37)6-9-17(33)34/h4,7,10,13-14H,1-3,5-6,8-9H2,(H,28,32)(H,29,35)(H,33,34)(H,36,37)(H,38,39)(H5,25,26,27,30,31)/t13-,14-/m0/s1. The predicted octanol–water partition coefficient (Wildman–Crippen LogP) is 0.757. The Labute approximate surface area is 231 Å². The number of aryl methyl sites for hydroxylation is 2. The number of aromatic nitrogens is 3. The molecule has 3 rings (SSSR count). The Hall–Kier alpha value is -4.73. The number of nitrogens with one attached hydrogen (secondary N) is 3. The smallest absolute Gasteiger partial charge is 0.326 e. The van der Waals surface area contributed by atoms with Crippen LogP contribution in [0.25, 0.3) is 11.0 Å². The number of H-pyrrole nitrogens is 1. The fourth-order valence-corrected chi connectivity index (χ4v) is 4.94. The summed E-state index contributed by atoms with van der Waals surface area (Å²) in [4.78, 5) is 70.7. The maximum Gasteiger partial charge on any atom is 0.326 e. The summed E-state index contributed by atoms with van der Waals surface area (Å²) < 4.78 is 0. The summed E-state index contributed by atoms with van der Waals surface area (Å²) in [6.45, 7) is 0. The second-order valence-corrected chi connectivity index (χ2v) is 10.1. The highest BCUT2D eigenvalue weighted by atomic mass is 32.1.